The quantitative estimate of drug-likeness (QED) is 0.755. The predicted octanol–water partition coefficient (Wildman–Crippen LogP) is 0.957. The van der Waals surface area contributed by atoms with Crippen molar-refractivity contribution in [2.45, 2.75) is 51.6 Å². The van der Waals surface area contributed by atoms with Crippen LogP contribution < -0.4 is 0 Å². The number of carbonyl (C=O) groups excluding carboxylic acids is 2. The highest BCUT2D eigenvalue weighted by atomic mass is 16.5. The van der Waals surface area contributed by atoms with Crippen LogP contribution in [0, 0.1) is 0 Å². The first-order chi connectivity index (χ1) is 11.0. The molecule has 0 aromatic heterocycles. The third-order valence-electron chi connectivity index (χ3n) is 5.25. The number of amides is 2. The summed E-state index contributed by atoms with van der Waals surface area (Å²) >= 11 is 0. The van der Waals surface area contributed by atoms with Gasteiger partial charge in [0.2, 0.25) is 11.8 Å². The molecule has 2 fully saturated rings. The lowest BCUT2D eigenvalue weighted by atomic mass is 9.97. The fourth-order valence-electron chi connectivity index (χ4n) is 3.58. The maximum Gasteiger partial charge on any atom is 0.223 e. The summed E-state index contributed by atoms with van der Waals surface area (Å²) in [6.45, 7) is 9.04. The smallest absolute Gasteiger partial charge is 0.223 e. The number of likely N-dealkylation sites (tertiary alicyclic amines) is 1. The minimum atomic E-state index is 0.0734. The minimum Gasteiger partial charge on any atom is -0.378 e. The molecule has 2 aliphatic rings. The van der Waals surface area contributed by atoms with Crippen molar-refractivity contribution < 1.29 is 14.3 Å². The summed E-state index contributed by atoms with van der Waals surface area (Å²) in [7, 11) is 1.89. The molecule has 2 unspecified atom stereocenters. The maximum atomic E-state index is 12.4. The molecule has 2 rings (SSSR count). The molecule has 6 nitrogen and oxygen atoms in total. The number of nitrogens with zero attached hydrogens (tertiary/aromatic N) is 3. The van der Waals surface area contributed by atoms with Crippen molar-refractivity contribution in [1.82, 2.24) is 14.7 Å². The van der Waals surface area contributed by atoms with Gasteiger partial charge in [-0.05, 0) is 26.3 Å². The van der Waals surface area contributed by atoms with E-state index in [4.69, 9.17) is 4.74 Å². The van der Waals surface area contributed by atoms with E-state index < -0.39 is 0 Å². The second-order valence-corrected chi connectivity index (χ2v) is 6.65. The highest BCUT2D eigenvalue weighted by Crippen LogP contribution is 2.21. The second-order valence-electron chi connectivity index (χ2n) is 6.65. The van der Waals surface area contributed by atoms with Crippen LogP contribution in [-0.4, -0.2) is 85.0 Å². The zero-order valence-corrected chi connectivity index (χ0v) is 14.8. The topological polar surface area (TPSA) is 53.1 Å². The monoisotopic (exact) mass is 325 g/mol. The second kappa shape index (κ2) is 8.64. The Balaban J connectivity index is 1.75. The van der Waals surface area contributed by atoms with E-state index in [1.165, 1.54) is 0 Å². The lowest BCUT2D eigenvalue weighted by Gasteiger charge is -2.40. The Morgan fingerprint density at radius 2 is 1.87 bits per heavy atom. The molecule has 0 N–H and O–H groups in total. The highest BCUT2D eigenvalue weighted by molar-refractivity contribution is 5.83. The van der Waals surface area contributed by atoms with E-state index in [0.29, 0.717) is 51.2 Å². The van der Waals surface area contributed by atoms with Gasteiger partial charge in [0.1, 0.15) is 0 Å². The van der Waals surface area contributed by atoms with E-state index in [2.05, 4.69) is 18.7 Å². The first-order valence-electron chi connectivity index (χ1n) is 8.88. The fourth-order valence-corrected chi connectivity index (χ4v) is 3.58. The third kappa shape index (κ3) is 4.91. The van der Waals surface area contributed by atoms with Gasteiger partial charge in [-0.1, -0.05) is 6.92 Å². The molecule has 0 spiro atoms. The van der Waals surface area contributed by atoms with Gasteiger partial charge in [0, 0.05) is 51.6 Å². The predicted molar refractivity (Wildman–Crippen MR) is 89.1 cm³/mol. The van der Waals surface area contributed by atoms with Gasteiger partial charge in [0.15, 0.2) is 0 Å². The van der Waals surface area contributed by atoms with Gasteiger partial charge in [-0.15, -0.1) is 0 Å². The summed E-state index contributed by atoms with van der Waals surface area (Å²) in [5.74, 6) is 0.165. The Hall–Kier alpha value is -1.14. The van der Waals surface area contributed by atoms with E-state index in [9.17, 15) is 9.59 Å². The Morgan fingerprint density at radius 3 is 2.48 bits per heavy atom. The van der Waals surface area contributed by atoms with Gasteiger partial charge in [-0.2, -0.15) is 0 Å². The van der Waals surface area contributed by atoms with E-state index in [1.807, 2.05) is 11.9 Å². The minimum absolute atomic E-state index is 0.0734. The normalized spacial score (nSPS) is 26.1. The Labute approximate surface area is 139 Å². The molecule has 0 bridgehead atoms. The molecule has 2 saturated heterocycles. The average Bonchev–Trinajstić information content (AvgIpc) is 2.59. The molecule has 2 aliphatic heterocycles. The van der Waals surface area contributed by atoms with Crippen LogP contribution in [0.1, 0.15) is 39.5 Å². The summed E-state index contributed by atoms with van der Waals surface area (Å²) < 4.78 is 5.25. The van der Waals surface area contributed by atoms with Gasteiger partial charge < -0.3 is 19.4 Å². The number of morpholine rings is 1. The van der Waals surface area contributed by atoms with Crippen LogP contribution in [-0.2, 0) is 14.3 Å². The van der Waals surface area contributed by atoms with Gasteiger partial charge >= 0.3 is 0 Å². The first kappa shape index (κ1) is 18.2. The van der Waals surface area contributed by atoms with E-state index >= 15 is 0 Å². The van der Waals surface area contributed by atoms with Crippen molar-refractivity contribution in [2.24, 2.45) is 0 Å². The Bertz CT molecular complexity index is 410. The van der Waals surface area contributed by atoms with Crippen molar-refractivity contribution >= 4 is 11.8 Å². The van der Waals surface area contributed by atoms with Crippen LogP contribution in [0.2, 0.25) is 0 Å². The molecule has 2 heterocycles. The van der Waals surface area contributed by atoms with Crippen LogP contribution in [0.5, 0.6) is 0 Å². The van der Waals surface area contributed by atoms with E-state index in [-0.39, 0.29) is 11.8 Å². The fraction of sp³-hybridized carbons (Fsp3) is 0.882. The number of piperidine rings is 1. The van der Waals surface area contributed by atoms with Crippen molar-refractivity contribution in [2.75, 3.05) is 46.4 Å². The summed E-state index contributed by atoms with van der Waals surface area (Å²) in [5, 5.41) is 0. The molecule has 2 amide bonds. The Morgan fingerprint density at radius 1 is 1.17 bits per heavy atom. The standard InChI is InChI=1S/C17H31N3O3/c1-4-19-8-7-15(13-14(19)2)18(3)16(21)5-6-17(22)20-9-11-23-12-10-20/h14-15H,4-13H2,1-3H3. The van der Waals surface area contributed by atoms with Gasteiger partial charge in [-0.3, -0.25) is 9.59 Å². The van der Waals surface area contributed by atoms with E-state index in [0.717, 1.165) is 25.9 Å². The summed E-state index contributed by atoms with van der Waals surface area (Å²) in [6.07, 6.45) is 2.67. The molecule has 0 aromatic rings. The zero-order chi connectivity index (χ0) is 16.8. The SMILES string of the molecule is CCN1CCC(N(C)C(=O)CCC(=O)N2CCOCC2)CC1C. The lowest BCUT2D eigenvalue weighted by molar-refractivity contribution is -0.140. The molecule has 23 heavy (non-hydrogen) atoms. The van der Waals surface area contributed by atoms with Crippen molar-refractivity contribution in [1.29, 1.82) is 0 Å². The molecule has 0 radical (unpaired) electrons. The number of hydrogen-bond acceptors (Lipinski definition) is 4. The third-order valence-corrected chi connectivity index (χ3v) is 5.25. The molecule has 0 aromatic carbocycles. The van der Waals surface area contributed by atoms with Crippen LogP contribution >= 0.6 is 0 Å². The summed E-state index contributed by atoms with van der Waals surface area (Å²) in [5.41, 5.74) is 0. The highest BCUT2D eigenvalue weighted by Gasteiger charge is 2.29. The number of hydrogen-bond donors (Lipinski definition) is 0. The molecular formula is C17H31N3O3. The van der Waals surface area contributed by atoms with Gasteiger partial charge in [-0.25, -0.2) is 0 Å². The summed E-state index contributed by atoms with van der Waals surface area (Å²) in [4.78, 5) is 30.7. The largest absolute Gasteiger partial charge is 0.378 e. The molecule has 0 saturated carbocycles. The maximum absolute atomic E-state index is 12.4. The van der Waals surface area contributed by atoms with Gasteiger partial charge in [0.25, 0.3) is 0 Å². The lowest BCUT2D eigenvalue weighted by Crippen LogP contribution is -2.49. The average molecular weight is 325 g/mol. The number of carbonyl (C=O) groups is 2. The van der Waals surface area contributed by atoms with Crippen molar-refractivity contribution in [3.8, 4) is 0 Å². The summed E-state index contributed by atoms with van der Waals surface area (Å²) in [6, 6.07) is 0.822. The van der Waals surface area contributed by atoms with Crippen LogP contribution in [0.3, 0.4) is 0 Å². The first-order valence-corrected chi connectivity index (χ1v) is 8.88. The van der Waals surface area contributed by atoms with Crippen molar-refractivity contribution in [3.05, 3.63) is 0 Å². The zero-order valence-electron chi connectivity index (χ0n) is 14.8. The van der Waals surface area contributed by atoms with Crippen LogP contribution in [0.15, 0.2) is 0 Å². The molecule has 0 aliphatic carbocycles. The number of ether oxygens (including phenoxy) is 1. The van der Waals surface area contributed by atoms with Crippen LogP contribution in [0.4, 0.5) is 0 Å². The molecular weight excluding hydrogens is 294 g/mol. The Kier molecular flexibility index (Phi) is 6.84. The van der Waals surface area contributed by atoms with Crippen LogP contribution in [0.25, 0.3) is 0 Å². The molecule has 132 valence electrons. The number of rotatable bonds is 5. The molecule has 2 atom stereocenters. The van der Waals surface area contributed by atoms with Crippen molar-refractivity contribution in [3.63, 3.8) is 0 Å². The van der Waals surface area contributed by atoms with Gasteiger partial charge in [0.05, 0.1) is 13.2 Å². The molecule has 6 heteroatoms. The van der Waals surface area contributed by atoms with E-state index in [1.54, 1.807) is 4.90 Å².